The molecule has 0 radical (unpaired) electrons. The van der Waals surface area contributed by atoms with E-state index in [1.54, 1.807) is 50.8 Å². The van der Waals surface area contributed by atoms with Gasteiger partial charge in [0, 0.05) is 43.0 Å². The zero-order valence-electron chi connectivity index (χ0n) is 16.2. The summed E-state index contributed by atoms with van der Waals surface area (Å²) in [7, 11) is 1.82. The second-order valence-electron chi connectivity index (χ2n) is 7.36. The Bertz CT molecular complexity index is 825. The standard InChI is InChI=1S/C18H26N6O3/c1-11(22-17(26)27-18(2,3)4)6-15(25)23-14-7-12(8-20-16(14)19)13-9-21-24(5)10-13/h7-11H,6H2,1-5H3,(H2,19,20)(H,22,26)(H,23,25)/t11-/m0/s1. The van der Waals surface area contributed by atoms with Gasteiger partial charge in [0.15, 0.2) is 0 Å². The molecule has 27 heavy (non-hydrogen) atoms. The predicted octanol–water partition coefficient (Wildman–Crippen LogP) is 2.31. The fourth-order valence-electron chi connectivity index (χ4n) is 2.34. The number of nitrogens with one attached hydrogen (secondary N) is 2. The molecule has 1 atom stereocenters. The monoisotopic (exact) mass is 374 g/mol. The van der Waals surface area contributed by atoms with E-state index in [1.807, 2.05) is 13.2 Å². The first-order valence-electron chi connectivity index (χ1n) is 8.57. The normalized spacial score (nSPS) is 12.3. The minimum atomic E-state index is -0.598. The minimum absolute atomic E-state index is 0.0653. The molecule has 0 unspecified atom stereocenters. The molecule has 2 aromatic rings. The molecule has 0 bridgehead atoms. The lowest BCUT2D eigenvalue weighted by Crippen LogP contribution is -2.39. The van der Waals surface area contributed by atoms with Gasteiger partial charge in [-0.05, 0) is 33.8 Å². The Hall–Kier alpha value is -3.10. The molecule has 2 aromatic heterocycles. The molecule has 0 aliphatic rings. The number of carbonyl (C=O) groups excluding carboxylic acids is 2. The summed E-state index contributed by atoms with van der Waals surface area (Å²) in [6.07, 6.45) is 4.66. The van der Waals surface area contributed by atoms with Gasteiger partial charge in [-0.1, -0.05) is 0 Å². The Morgan fingerprint density at radius 1 is 1.30 bits per heavy atom. The molecule has 0 aliphatic heterocycles. The summed E-state index contributed by atoms with van der Waals surface area (Å²) in [4.78, 5) is 28.2. The fraction of sp³-hybridized carbons (Fsp3) is 0.444. The van der Waals surface area contributed by atoms with Crippen LogP contribution in [0.5, 0.6) is 0 Å². The van der Waals surface area contributed by atoms with Crippen LogP contribution in [-0.4, -0.2) is 38.4 Å². The van der Waals surface area contributed by atoms with Gasteiger partial charge >= 0.3 is 6.09 Å². The van der Waals surface area contributed by atoms with E-state index in [9.17, 15) is 9.59 Å². The summed E-state index contributed by atoms with van der Waals surface area (Å²) in [5.74, 6) is -0.0841. The molecule has 0 aromatic carbocycles. The van der Waals surface area contributed by atoms with Crippen LogP contribution in [0.2, 0.25) is 0 Å². The third-order valence-corrected chi connectivity index (χ3v) is 3.49. The maximum absolute atomic E-state index is 12.3. The highest BCUT2D eigenvalue weighted by molar-refractivity contribution is 5.94. The van der Waals surface area contributed by atoms with Gasteiger partial charge in [0.1, 0.15) is 11.4 Å². The SMILES string of the molecule is C[C@@H](CC(=O)Nc1cc(-c2cnn(C)c2)cnc1N)NC(=O)OC(C)(C)C. The van der Waals surface area contributed by atoms with Gasteiger partial charge in [-0.3, -0.25) is 9.48 Å². The molecule has 9 nitrogen and oxygen atoms in total. The van der Waals surface area contributed by atoms with Gasteiger partial charge < -0.3 is 21.1 Å². The Labute approximate surface area is 158 Å². The third-order valence-electron chi connectivity index (χ3n) is 3.49. The van der Waals surface area contributed by atoms with Crippen molar-refractivity contribution in [2.75, 3.05) is 11.1 Å². The van der Waals surface area contributed by atoms with E-state index in [2.05, 4.69) is 20.7 Å². The molecular weight excluding hydrogens is 348 g/mol. The van der Waals surface area contributed by atoms with Crippen LogP contribution < -0.4 is 16.4 Å². The molecule has 146 valence electrons. The number of alkyl carbamates (subject to hydrolysis) is 1. The molecule has 0 spiro atoms. The topological polar surface area (TPSA) is 124 Å². The number of ether oxygens (including phenoxy) is 1. The van der Waals surface area contributed by atoms with E-state index in [1.165, 1.54) is 0 Å². The van der Waals surface area contributed by atoms with Gasteiger partial charge in [0.05, 0.1) is 11.9 Å². The highest BCUT2D eigenvalue weighted by Crippen LogP contribution is 2.25. The minimum Gasteiger partial charge on any atom is -0.444 e. The molecule has 4 N–H and O–H groups in total. The number of nitrogens with zero attached hydrogens (tertiary/aromatic N) is 3. The summed E-state index contributed by atoms with van der Waals surface area (Å²) in [5, 5.41) is 9.48. The van der Waals surface area contributed by atoms with E-state index < -0.39 is 17.7 Å². The van der Waals surface area contributed by atoms with Crippen LogP contribution in [0, 0.1) is 0 Å². The van der Waals surface area contributed by atoms with Crippen LogP contribution in [0.4, 0.5) is 16.3 Å². The molecule has 2 heterocycles. The van der Waals surface area contributed by atoms with Crippen molar-refractivity contribution in [2.24, 2.45) is 7.05 Å². The Balaban J connectivity index is 1.98. The van der Waals surface area contributed by atoms with Crippen LogP contribution in [0.25, 0.3) is 11.1 Å². The van der Waals surface area contributed by atoms with E-state index in [4.69, 9.17) is 10.5 Å². The van der Waals surface area contributed by atoms with E-state index in [-0.39, 0.29) is 18.1 Å². The van der Waals surface area contributed by atoms with Crippen molar-refractivity contribution in [3.63, 3.8) is 0 Å². The third kappa shape index (κ3) is 6.28. The second kappa shape index (κ2) is 8.07. The fourth-order valence-corrected chi connectivity index (χ4v) is 2.34. The van der Waals surface area contributed by atoms with E-state index in [0.29, 0.717) is 5.69 Å². The molecular formula is C18H26N6O3. The Morgan fingerprint density at radius 3 is 2.59 bits per heavy atom. The zero-order chi connectivity index (χ0) is 20.2. The lowest BCUT2D eigenvalue weighted by atomic mass is 10.1. The van der Waals surface area contributed by atoms with Crippen molar-refractivity contribution in [1.82, 2.24) is 20.1 Å². The van der Waals surface area contributed by atoms with Crippen molar-refractivity contribution < 1.29 is 14.3 Å². The highest BCUT2D eigenvalue weighted by Gasteiger charge is 2.19. The average Bonchev–Trinajstić information content (AvgIpc) is 2.93. The number of aromatic nitrogens is 3. The van der Waals surface area contributed by atoms with Crippen LogP contribution in [-0.2, 0) is 16.6 Å². The number of hydrogen-bond acceptors (Lipinski definition) is 6. The number of hydrogen-bond donors (Lipinski definition) is 3. The molecule has 0 fully saturated rings. The molecule has 0 aliphatic carbocycles. The first kappa shape index (κ1) is 20.2. The number of anilines is 2. The maximum atomic E-state index is 12.3. The van der Waals surface area contributed by atoms with Crippen LogP contribution >= 0.6 is 0 Å². The average molecular weight is 374 g/mol. The van der Waals surface area contributed by atoms with Crippen molar-refractivity contribution in [1.29, 1.82) is 0 Å². The van der Waals surface area contributed by atoms with Gasteiger partial charge in [0.25, 0.3) is 0 Å². The highest BCUT2D eigenvalue weighted by atomic mass is 16.6. The van der Waals surface area contributed by atoms with Crippen LogP contribution in [0.3, 0.4) is 0 Å². The summed E-state index contributed by atoms with van der Waals surface area (Å²) in [6, 6.07) is 1.33. The van der Waals surface area contributed by atoms with Crippen LogP contribution in [0.15, 0.2) is 24.7 Å². The first-order valence-corrected chi connectivity index (χ1v) is 8.57. The first-order chi connectivity index (χ1) is 12.5. The molecule has 2 amide bonds. The lowest BCUT2D eigenvalue weighted by Gasteiger charge is -2.21. The summed E-state index contributed by atoms with van der Waals surface area (Å²) >= 11 is 0. The predicted molar refractivity (Wildman–Crippen MR) is 103 cm³/mol. The number of amides is 2. The van der Waals surface area contributed by atoms with Crippen LogP contribution in [0.1, 0.15) is 34.1 Å². The van der Waals surface area contributed by atoms with Crippen molar-refractivity contribution >= 4 is 23.5 Å². The van der Waals surface area contributed by atoms with Crippen molar-refractivity contribution in [2.45, 2.75) is 45.8 Å². The largest absolute Gasteiger partial charge is 0.444 e. The smallest absolute Gasteiger partial charge is 0.407 e. The van der Waals surface area contributed by atoms with Gasteiger partial charge in [-0.25, -0.2) is 9.78 Å². The van der Waals surface area contributed by atoms with E-state index in [0.717, 1.165) is 11.1 Å². The van der Waals surface area contributed by atoms with Gasteiger partial charge in [-0.2, -0.15) is 5.10 Å². The van der Waals surface area contributed by atoms with Gasteiger partial charge in [0.2, 0.25) is 5.91 Å². The molecule has 9 heteroatoms. The Morgan fingerprint density at radius 2 is 2.00 bits per heavy atom. The number of rotatable bonds is 5. The molecule has 2 rings (SSSR count). The molecule has 0 saturated heterocycles. The number of aryl methyl sites for hydroxylation is 1. The number of nitrogens with two attached hydrogens (primary N) is 1. The zero-order valence-corrected chi connectivity index (χ0v) is 16.2. The van der Waals surface area contributed by atoms with Crippen molar-refractivity contribution in [3.8, 4) is 11.1 Å². The van der Waals surface area contributed by atoms with E-state index >= 15 is 0 Å². The number of pyridine rings is 1. The summed E-state index contributed by atoms with van der Waals surface area (Å²) < 4.78 is 6.85. The number of carbonyl (C=O) groups is 2. The van der Waals surface area contributed by atoms with Crippen molar-refractivity contribution in [3.05, 3.63) is 24.7 Å². The Kier molecular flexibility index (Phi) is 6.04. The summed E-state index contributed by atoms with van der Waals surface area (Å²) in [6.45, 7) is 7.04. The molecule has 0 saturated carbocycles. The maximum Gasteiger partial charge on any atom is 0.407 e. The summed E-state index contributed by atoms with van der Waals surface area (Å²) in [5.41, 5.74) is 7.32. The second-order valence-corrected chi connectivity index (χ2v) is 7.36. The quantitative estimate of drug-likeness (QED) is 0.738. The lowest BCUT2D eigenvalue weighted by molar-refractivity contribution is -0.116. The number of nitrogen functional groups attached to an aromatic ring is 1. The van der Waals surface area contributed by atoms with Gasteiger partial charge in [-0.15, -0.1) is 0 Å².